The summed E-state index contributed by atoms with van der Waals surface area (Å²) in [5, 5.41) is 7.77. The number of aromatic nitrogens is 2. The lowest BCUT2D eigenvalue weighted by atomic mass is 10.2. The molecule has 22 heavy (non-hydrogen) atoms. The lowest BCUT2D eigenvalue weighted by Gasteiger charge is -2.11. The summed E-state index contributed by atoms with van der Waals surface area (Å²) in [5.41, 5.74) is 1.22. The van der Waals surface area contributed by atoms with Gasteiger partial charge in [-0.1, -0.05) is 6.07 Å². The molecule has 0 aliphatic rings. The highest BCUT2D eigenvalue weighted by Gasteiger charge is 2.01. The van der Waals surface area contributed by atoms with E-state index in [0.29, 0.717) is 0 Å². The van der Waals surface area contributed by atoms with Gasteiger partial charge in [0.15, 0.2) is 5.96 Å². The molecular formula is C15H22IN5S. The Morgan fingerprint density at radius 2 is 2.00 bits per heavy atom. The predicted octanol–water partition coefficient (Wildman–Crippen LogP) is 2.41. The minimum atomic E-state index is 0. The third kappa shape index (κ3) is 6.69. The average Bonchev–Trinajstić information content (AvgIpc) is 2.92. The van der Waals surface area contributed by atoms with Crippen LogP contribution in [0.1, 0.15) is 15.4 Å². The Bertz CT molecular complexity index is 570. The number of aryl methyl sites for hydroxylation is 1. The quantitative estimate of drug-likeness (QED) is 0.419. The second kappa shape index (κ2) is 10.5. The number of nitrogens with zero attached hydrogens (tertiary/aromatic N) is 3. The summed E-state index contributed by atoms with van der Waals surface area (Å²) < 4.78 is 0. The van der Waals surface area contributed by atoms with Crippen molar-refractivity contribution in [2.24, 2.45) is 4.99 Å². The zero-order valence-corrected chi connectivity index (χ0v) is 16.0. The lowest BCUT2D eigenvalue weighted by molar-refractivity contribution is 0.781. The molecule has 0 saturated heterocycles. The molecule has 0 aliphatic heterocycles. The van der Waals surface area contributed by atoms with Crippen LogP contribution in [-0.2, 0) is 12.8 Å². The van der Waals surface area contributed by atoms with Crippen molar-refractivity contribution in [3.8, 4) is 0 Å². The molecule has 0 atom stereocenters. The van der Waals surface area contributed by atoms with Gasteiger partial charge in [0.2, 0.25) is 0 Å². The van der Waals surface area contributed by atoms with E-state index < -0.39 is 0 Å². The first-order valence-electron chi connectivity index (χ1n) is 7.02. The summed E-state index contributed by atoms with van der Waals surface area (Å²) in [4.78, 5) is 13.9. The Hall–Kier alpha value is -1.22. The van der Waals surface area contributed by atoms with Gasteiger partial charge in [0.25, 0.3) is 0 Å². The van der Waals surface area contributed by atoms with E-state index in [1.54, 1.807) is 24.6 Å². The van der Waals surface area contributed by atoms with Gasteiger partial charge in [0.1, 0.15) is 0 Å². The Labute approximate surface area is 152 Å². The van der Waals surface area contributed by atoms with Crippen molar-refractivity contribution < 1.29 is 0 Å². The Kier molecular flexibility index (Phi) is 8.98. The Balaban J connectivity index is 0.00000242. The maximum absolute atomic E-state index is 4.35. The predicted molar refractivity (Wildman–Crippen MR) is 103 cm³/mol. The first-order valence-corrected chi connectivity index (χ1v) is 7.84. The molecule has 2 rings (SSSR count). The summed E-state index contributed by atoms with van der Waals surface area (Å²) in [6.07, 6.45) is 7.45. The van der Waals surface area contributed by atoms with Gasteiger partial charge < -0.3 is 10.6 Å². The van der Waals surface area contributed by atoms with Crippen LogP contribution in [0.3, 0.4) is 0 Å². The second-order valence-corrected chi connectivity index (χ2v) is 5.97. The van der Waals surface area contributed by atoms with Gasteiger partial charge in [-0.25, -0.2) is 4.98 Å². The van der Waals surface area contributed by atoms with Gasteiger partial charge in [-0.3, -0.25) is 9.98 Å². The van der Waals surface area contributed by atoms with Crippen molar-refractivity contribution in [2.45, 2.75) is 19.8 Å². The Morgan fingerprint density at radius 1 is 1.23 bits per heavy atom. The molecule has 0 spiro atoms. The molecule has 2 N–H and O–H groups in total. The molecule has 0 bridgehead atoms. The van der Waals surface area contributed by atoms with Gasteiger partial charge in [-0.2, -0.15) is 0 Å². The van der Waals surface area contributed by atoms with Gasteiger partial charge in [-0.05, 0) is 25.0 Å². The standard InChI is InChI=1S/C15H21N5S.HI/c1-12-10-20-14(21-12)6-9-19-15(16-2)18-8-5-13-4-3-7-17-11-13;/h3-4,7,10-11H,5-6,8-9H2,1-2H3,(H2,16,18,19);1H. The van der Waals surface area contributed by atoms with Gasteiger partial charge in [0.05, 0.1) is 5.01 Å². The van der Waals surface area contributed by atoms with Crippen molar-refractivity contribution in [1.29, 1.82) is 0 Å². The zero-order chi connectivity index (χ0) is 14.9. The molecule has 2 aromatic rings. The van der Waals surface area contributed by atoms with Crippen LogP contribution in [0.2, 0.25) is 0 Å². The number of aliphatic imine (C=N–C) groups is 1. The molecule has 7 heteroatoms. The van der Waals surface area contributed by atoms with E-state index in [0.717, 1.165) is 36.9 Å². The number of guanidine groups is 1. The smallest absolute Gasteiger partial charge is 0.191 e. The third-order valence-corrected chi connectivity index (χ3v) is 3.93. The topological polar surface area (TPSA) is 62.2 Å². The van der Waals surface area contributed by atoms with E-state index in [9.17, 15) is 0 Å². The first-order chi connectivity index (χ1) is 10.3. The van der Waals surface area contributed by atoms with Crippen LogP contribution in [-0.4, -0.2) is 36.1 Å². The van der Waals surface area contributed by atoms with Crippen LogP contribution in [0.5, 0.6) is 0 Å². The molecule has 0 fully saturated rings. The summed E-state index contributed by atoms with van der Waals surface area (Å²) in [6, 6.07) is 4.04. The summed E-state index contributed by atoms with van der Waals surface area (Å²) in [6.45, 7) is 3.74. The highest BCUT2D eigenvalue weighted by atomic mass is 127. The van der Waals surface area contributed by atoms with Crippen LogP contribution >= 0.6 is 35.3 Å². The van der Waals surface area contributed by atoms with Crippen molar-refractivity contribution in [3.63, 3.8) is 0 Å². The Morgan fingerprint density at radius 3 is 2.59 bits per heavy atom. The van der Waals surface area contributed by atoms with Crippen LogP contribution in [0, 0.1) is 6.92 Å². The van der Waals surface area contributed by atoms with Crippen molar-refractivity contribution in [1.82, 2.24) is 20.6 Å². The van der Waals surface area contributed by atoms with Crippen LogP contribution in [0.15, 0.2) is 35.7 Å². The van der Waals surface area contributed by atoms with Crippen LogP contribution in [0.4, 0.5) is 0 Å². The SMILES string of the molecule is CN=C(NCCc1cccnc1)NCCc1ncc(C)s1.I. The number of halogens is 1. The molecule has 0 radical (unpaired) electrons. The summed E-state index contributed by atoms with van der Waals surface area (Å²) in [5.74, 6) is 0.826. The fraction of sp³-hybridized carbons (Fsp3) is 0.400. The van der Waals surface area contributed by atoms with Crippen LogP contribution < -0.4 is 10.6 Å². The monoisotopic (exact) mass is 431 g/mol. The summed E-state index contributed by atoms with van der Waals surface area (Å²) in [7, 11) is 1.78. The number of thiazole rings is 1. The van der Waals surface area contributed by atoms with E-state index in [4.69, 9.17) is 0 Å². The highest BCUT2D eigenvalue weighted by Crippen LogP contribution is 2.10. The molecule has 120 valence electrons. The van der Waals surface area contributed by atoms with Gasteiger partial charge in [-0.15, -0.1) is 35.3 Å². The van der Waals surface area contributed by atoms with Crippen molar-refractivity contribution in [3.05, 3.63) is 46.2 Å². The number of nitrogens with one attached hydrogen (secondary N) is 2. The average molecular weight is 431 g/mol. The molecule has 5 nitrogen and oxygen atoms in total. The summed E-state index contributed by atoms with van der Waals surface area (Å²) >= 11 is 1.74. The van der Waals surface area contributed by atoms with Gasteiger partial charge >= 0.3 is 0 Å². The van der Waals surface area contributed by atoms with Gasteiger partial charge in [0, 0.05) is 50.0 Å². The number of hydrogen-bond acceptors (Lipinski definition) is 4. The lowest BCUT2D eigenvalue weighted by Crippen LogP contribution is -2.39. The minimum Gasteiger partial charge on any atom is -0.356 e. The number of pyridine rings is 1. The third-order valence-electron chi connectivity index (χ3n) is 2.95. The maximum Gasteiger partial charge on any atom is 0.191 e. The maximum atomic E-state index is 4.35. The molecule has 2 aromatic heterocycles. The zero-order valence-electron chi connectivity index (χ0n) is 12.9. The van der Waals surface area contributed by atoms with E-state index in [2.05, 4.69) is 38.6 Å². The molecule has 0 aromatic carbocycles. The first kappa shape index (κ1) is 18.8. The largest absolute Gasteiger partial charge is 0.356 e. The minimum absolute atomic E-state index is 0. The molecule has 2 heterocycles. The van der Waals surface area contributed by atoms with Crippen molar-refractivity contribution in [2.75, 3.05) is 20.1 Å². The fourth-order valence-corrected chi connectivity index (χ4v) is 2.68. The van der Waals surface area contributed by atoms with Crippen molar-refractivity contribution >= 4 is 41.3 Å². The van der Waals surface area contributed by atoms with E-state index >= 15 is 0 Å². The van der Waals surface area contributed by atoms with E-state index in [1.807, 2.05) is 18.5 Å². The molecule has 0 saturated carbocycles. The molecule has 0 aliphatic carbocycles. The van der Waals surface area contributed by atoms with E-state index in [-0.39, 0.29) is 24.0 Å². The number of rotatable bonds is 6. The second-order valence-electron chi connectivity index (χ2n) is 4.65. The van der Waals surface area contributed by atoms with E-state index in [1.165, 1.54) is 10.4 Å². The fourth-order valence-electron chi connectivity index (χ4n) is 1.90. The molecule has 0 amide bonds. The molecular weight excluding hydrogens is 409 g/mol. The normalized spacial score (nSPS) is 10.9. The number of hydrogen-bond donors (Lipinski definition) is 2. The van der Waals surface area contributed by atoms with Crippen LogP contribution in [0.25, 0.3) is 0 Å². The molecule has 0 unspecified atom stereocenters. The highest BCUT2D eigenvalue weighted by molar-refractivity contribution is 14.0.